The van der Waals surface area contributed by atoms with Crippen molar-refractivity contribution in [1.82, 2.24) is 15.5 Å². The van der Waals surface area contributed by atoms with E-state index in [-0.39, 0.29) is 11.9 Å². The number of carbonyl (C=O) groups is 1. The number of nitrogens with one attached hydrogen (secondary N) is 2. The molecule has 1 aliphatic rings. The molecule has 2 rings (SSSR count). The van der Waals surface area contributed by atoms with Gasteiger partial charge in [0.2, 0.25) is 0 Å². The van der Waals surface area contributed by atoms with Gasteiger partial charge in [-0.05, 0) is 51.3 Å². The second-order valence-electron chi connectivity index (χ2n) is 7.56. The molecular formula is C19H29FN4O2. The maximum Gasteiger partial charge on any atom is 0.407 e. The number of amides is 1. The standard InChI is InChI=1S/C19H29FN4O2/c1-13-10-14(6-7-16(13)20)11-22-17(21-5)24-9-8-15(12-24)23-18(25)26-19(2,3)4/h6-7,10,15H,8-9,11-12H2,1-5H3,(H,21,22)(H,23,25). The van der Waals surface area contributed by atoms with Crippen molar-refractivity contribution in [2.75, 3.05) is 20.1 Å². The second-order valence-corrected chi connectivity index (χ2v) is 7.56. The van der Waals surface area contributed by atoms with Crippen LogP contribution < -0.4 is 10.6 Å². The van der Waals surface area contributed by atoms with Crippen LogP contribution in [0.2, 0.25) is 0 Å². The van der Waals surface area contributed by atoms with E-state index in [4.69, 9.17) is 4.74 Å². The summed E-state index contributed by atoms with van der Waals surface area (Å²) >= 11 is 0. The molecule has 1 heterocycles. The van der Waals surface area contributed by atoms with Gasteiger partial charge in [0, 0.05) is 26.7 Å². The third-order valence-corrected chi connectivity index (χ3v) is 4.09. The summed E-state index contributed by atoms with van der Waals surface area (Å²) in [6.45, 7) is 9.31. The summed E-state index contributed by atoms with van der Waals surface area (Å²) in [5, 5.41) is 6.20. The highest BCUT2D eigenvalue weighted by Gasteiger charge is 2.27. The van der Waals surface area contributed by atoms with Crippen molar-refractivity contribution in [2.24, 2.45) is 4.99 Å². The molecule has 1 amide bonds. The number of halogens is 1. The minimum Gasteiger partial charge on any atom is -0.444 e. The first kappa shape index (κ1) is 20.0. The number of hydrogen-bond donors (Lipinski definition) is 2. The van der Waals surface area contributed by atoms with Gasteiger partial charge in [-0.1, -0.05) is 12.1 Å². The van der Waals surface area contributed by atoms with Crippen LogP contribution >= 0.6 is 0 Å². The lowest BCUT2D eigenvalue weighted by atomic mass is 10.1. The number of aryl methyl sites for hydroxylation is 1. The van der Waals surface area contributed by atoms with Crippen molar-refractivity contribution < 1.29 is 13.9 Å². The summed E-state index contributed by atoms with van der Waals surface area (Å²) in [5.41, 5.74) is 1.11. The fourth-order valence-electron chi connectivity index (χ4n) is 2.87. The lowest BCUT2D eigenvalue weighted by molar-refractivity contribution is 0.0507. The molecule has 0 saturated carbocycles. The Kier molecular flexibility index (Phi) is 6.45. The number of ether oxygens (including phenoxy) is 1. The van der Waals surface area contributed by atoms with E-state index in [0.717, 1.165) is 24.5 Å². The zero-order chi connectivity index (χ0) is 19.3. The average Bonchev–Trinajstić information content (AvgIpc) is 2.97. The Morgan fingerprint density at radius 2 is 2.15 bits per heavy atom. The van der Waals surface area contributed by atoms with Gasteiger partial charge in [-0.3, -0.25) is 4.99 Å². The van der Waals surface area contributed by atoms with E-state index in [9.17, 15) is 9.18 Å². The van der Waals surface area contributed by atoms with Gasteiger partial charge in [-0.25, -0.2) is 9.18 Å². The second kappa shape index (κ2) is 8.38. The summed E-state index contributed by atoms with van der Waals surface area (Å²) < 4.78 is 18.7. The lowest BCUT2D eigenvalue weighted by Crippen LogP contribution is -2.44. The quantitative estimate of drug-likeness (QED) is 0.639. The maximum absolute atomic E-state index is 13.4. The van der Waals surface area contributed by atoms with Crippen molar-refractivity contribution >= 4 is 12.1 Å². The number of alkyl carbamates (subject to hydrolysis) is 1. The van der Waals surface area contributed by atoms with Crippen molar-refractivity contribution in [2.45, 2.75) is 52.3 Å². The minimum atomic E-state index is -0.507. The van der Waals surface area contributed by atoms with E-state index in [1.54, 1.807) is 20.0 Å². The van der Waals surface area contributed by atoms with Crippen LogP contribution in [0.25, 0.3) is 0 Å². The van der Waals surface area contributed by atoms with Crippen LogP contribution in [0, 0.1) is 12.7 Å². The fourth-order valence-corrected chi connectivity index (χ4v) is 2.87. The minimum absolute atomic E-state index is 0.0245. The molecule has 0 aliphatic carbocycles. The van der Waals surface area contributed by atoms with Crippen LogP contribution in [-0.4, -0.2) is 48.7 Å². The molecule has 6 nitrogen and oxygen atoms in total. The fraction of sp³-hybridized carbons (Fsp3) is 0.579. The zero-order valence-electron chi connectivity index (χ0n) is 16.2. The van der Waals surface area contributed by atoms with Gasteiger partial charge in [0.25, 0.3) is 0 Å². The molecule has 1 aromatic carbocycles. The molecule has 7 heteroatoms. The van der Waals surface area contributed by atoms with Gasteiger partial charge in [0.05, 0.1) is 6.04 Å². The zero-order valence-corrected chi connectivity index (χ0v) is 16.2. The number of carbonyl (C=O) groups excluding carboxylic acids is 1. The molecule has 2 N–H and O–H groups in total. The SMILES string of the molecule is CN=C(NCc1ccc(F)c(C)c1)N1CCC(NC(=O)OC(C)(C)C)C1. The maximum atomic E-state index is 13.4. The number of hydrogen-bond acceptors (Lipinski definition) is 3. The summed E-state index contributed by atoms with van der Waals surface area (Å²) in [5.74, 6) is 0.564. The first-order chi connectivity index (χ1) is 12.2. The Morgan fingerprint density at radius 1 is 1.42 bits per heavy atom. The van der Waals surface area contributed by atoms with E-state index in [1.807, 2.05) is 26.8 Å². The highest BCUT2D eigenvalue weighted by Crippen LogP contribution is 2.13. The normalized spacial score (nSPS) is 18.0. The molecule has 1 aromatic rings. The van der Waals surface area contributed by atoms with Crippen molar-refractivity contribution in [3.8, 4) is 0 Å². The third kappa shape index (κ3) is 5.89. The van der Waals surface area contributed by atoms with Gasteiger partial charge >= 0.3 is 6.09 Å². The number of benzene rings is 1. The van der Waals surface area contributed by atoms with Crippen molar-refractivity contribution in [1.29, 1.82) is 0 Å². The summed E-state index contributed by atoms with van der Waals surface area (Å²) in [6, 6.07) is 5.09. The molecular weight excluding hydrogens is 335 g/mol. The van der Waals surface area contributed by atoms with Gasteiger partial charge < -0.3 is 20.3 Å². The Balaban J connectivity index is 1.85. The van der Waals surface area contributed by atoms with Crippen LogP contribution in [0.5, 0.6) is 0 Å². The summed E-state index contributed by atoms with van der Waals surface area (Å²) in [4.78, 5) is 18.3. The van der Waals surface area contributed by atoms with Crippen LogP contribution in [0.15, 0.2) is 23.2 Å². The Hall–Kier alpha value is -2.31. The van der Waals surface area contributed by atoms with Crippen molar-refractivity contribution in [3.63, 3.8) is 0 Å². The first-order valence-corrected chi connectivity index (χ1v) is 8.88. The van der Waals surface area contributed by atoms with Crippen LogP contribution in [0.3, 0.4) is 0 Å². The van der Waals surface area contributed by atoms with E-state index in [2.05, 4.69) is 20.5 Å². The smallest absolute Gasteiger partial charge is 0.407 e. The molecule has 144 valence electrons. The largest absolute Gasteiger partial charge is 0.444 e. The molecule has 1 aliphatic heterocycles. The number of guanidine groups is 1. The van der Waals surface area contributed by atoms with E-state index >= 15 is 0 Å². The monoisotopic (exact) mass is 364 g/mol. The van der Waals surface area contributed by atoms with E-state index < -0.39 is 11.7 Å². The molecule has 0 bridgehead atoms. The van der Waals surface area contributed by atoms with Crippen molar-refractivity contribution in [3.05, 3.63) is 35.1 Å². The molecule has 0 spiro atoms. The van der Waals surface area contributed by atoms with Gasteiger partial charge in [0.15, 0.2) is 5.96 Å². The first-order valence-electron chi connectivity index (χ1n) is 8.88. The molecule has 0 aromatic heterocycles. The van der Waals surface area contributed by atoms with Gasteiger partial charge in [-0.15, -0.1) is 0 Å². The molecule has 1 fully saturated rings. The highest BCUT2D eigenvalue weighted by molar-refractivity contribution is 5.80. The molecule has 0 radical (unpaired) electrons. The Labute approximate surface area is 154 Å². The molecule has 1 unspecified atom stereocenters. The number of likely N-dealkylation sites (tertiary alicyclic amines) is 1. The average molecular weight is 364 g/mol. The molecule has 26 heavy (non-hydrogen) atoms. The van der Waals surface area contributed by atoms with Gasteiger partial charge in [-0.2, -0.15) is 0 Å². The summed E-state index contributed by atoms with van der Waals surface area (Å²) in [7, 11) is 1.73. The highest BCUT2D eigenvalue weighted by atomic mass is 19.1. The molecule has 1 atom stereocenters. The molecule has 1 saturated heterocycles. The predicted molar refractivity (Wildman–Crippen MR) is 101 cm³/mol. The van der Waals surface area contributed by atoms with Crippen LogP contribution in [0.4, 0.5) is 9.18 Å². The van der Waals surface area contributed by atoms with Crippen LogP contribution in [0.1, 0.15) is 38.3 Å². The predicted octanol–water partition coefficient (Wildman–Crippen LogP) is 2.81. The Bertz CT molecular complexity index is 670. The van der Waals surface area contributed by atoms with Gasteiger partial charge in [0.1, 0.15) is 11.4 Å². The third-order valence-electron chi connectivity index (χ3n) is 4.09. The number of nitrogens with zero attached hydrogens (tertiary/aromatic N) is 2. The number of aliphatic imine (C=N–C) groups is 1. The topological polar surface area (TPSA) is 66.0 Å². The van der Waals surface area contributed by atoms with E-state index in [1.165, 1.54) is 6.07 Å². The van der Waals surface area contributed by atoms with Crippen LogP contribution in [-0.2, 0) is 11.3 Å². The number of rotatable bonds is 3. The lowest BCUT2D eigenvalue weighted by Gasteiger charge is -2.23. The van der Waals surface area contributed by atoms with E-state index in [0.29, 0.717) is 18.7 Å². The Morgan fingerprint density at radius 3 is 2.77 bits per heavy atom. The summed E-state index contributed by atoms with van der Waals surface area (Å²) in [6.07, 6.45) is 0.435.